The molecular formula is C24H27ClN6O. The Hall–Kier alpha value is -2.67. The van der Waals surface area contributed by atoms with E-state index >= 15 is 0 Å². The summed E-state index contributed by atoms with van der Waals surface area (Å²) < 4.78 is 1.73. The molecule has 2 aromatic heterocycles. The van der Waals surface area contributed by atoms with Crippen LogP contribution in [0.15, 0.2) is 34.5 Å². The molecule has 2 unspecified atom stereocenters. The molecule has 1 amide bonds. The van der Waals surface area contributed by atoms with Gasteiger partial charge >= 0.3 is 0 Å². The summed E-state index contributed by atoms with van der Waals surface area (Å²) in [5.74, 6) is 2.64. The number of aryl methyl sites for hydroxylation is 1. The van der Waals surface area contributed by atoms with E-state index in [0.29, 0.717) is 18.7 Å². The third kappa shape index (κ3) is 3.43. The molecule has 2 aliphatic heterocycles. The number of nitrogens with zero attached hydrogens (tertiary/aromatic N) is 5. The van der Waals surface area contributed by atoms with Crippen LogP contribution >= 0.6 is 11.6 Å². The fraction of sp³-hybridized carbons (Fsp3) is 0.500. The number of fused-ring (bicyclic) bond motifs is 1. The Morgan fingerprint density at radius 3 is 2.84 bits per heavy atom. The normalized spacial score (nSPS) is 25.8. The molecule has 0 bridgehead atoms. The van der Waals surface area contributed by atoms with Crippen LogP contribution in [0.2, 0.25) is 5.15 Å². The number of aromatic nitrogens is 3. The second-order valence-electron chi connectivity index (χ2n) is 9.58. The highest BCUT2D eigenvalue weighted by molar-refractivity contribution is 6.32. The van der Waals surface area contributed by atoms with Crippen LogP contribution in [0.4, 0.5) is 5.82 Å². The molecule has 7 nitrogen and oxygen atoms in total. The maximum absolute atomic E-state index is 12.9. The number of nitrogens with one attached hydrogen (secondary N) is 1. The smallest absolute Gasteiger partial charge is 0.256 e. The number of amides is 1. The lowest BCUT2D eigenvalue weighted by molar-refractivity contribution is 0.0942. The highest BCUT2D eigenvalue weighted by atomic mass is 35.5. The summed E-state index contributed by atoms with van der Waals surface area (Å²) in [7, 11) is 0. The van der Waals surface area contributed by atoms with Crippen molar-refractivity contribution >= 4 is 29.0 Å². The molecule has 0 radical (unpaired) electrons. The van der Waals surface area contributed by atoms with Gasteiger partial charge in [-0.05, 0) is 67.7 Å². The Labute approximate surface area is 192 Å². The fourth-order valence-electron chi connectivity index (χ4n) is 5.46. The maximum atomic E-state index is 12.9. The van der Waals surface area contributed by atoms with Gasteiger partial charge in [0, 0.05) is 30.7 Å². The molecule has 1 N–H and O–H groups in total. The minimum absolute atomic E-state index is 0.0359. The van der Waals surface area contributed by atoms with Gasteiger partial charge in [-0.25, -0.2) is 4.98 Å². The van der Waals surface area contributed by atoms with E-state index in [1.807, 2.05) is 13.8 Å². The predicted molar refractivity (Wildman–Crippen MR) is 125 cm³/mol. The third-order valence-corrected chi connectivity index (χ3v) is 7.78. The van der Waals surface area contributed by atoms with Crippen LogP contribution in [0.5, 0.6) is 0 Å². The summed E-state index contributed by atoms with van der Waals surface area (Å²) in [6.07, 6.45) is 5.02. The lowest BCUT2D eigenvalue weighted by Gasteiger charge is -2.20. The van der Waals surface area contributed by atoms with Crippen LogP contribution in [0.1, 0.15) is 47.8 Å². The number of allylic oxidation sites excluding steroid dienone is 1. The van der Waals surface area contributed by atoms with Crippen molar-refractivity contribution in [2.45, 2.75) is 45.7 Å². The molecule has 2 aromatic rings. The number of aliphatic imine (C=N–C) groups is 1. The Balaban J connectivity index is 1.14. The van der Waals surface area contributed by atoms with Crippen molar-refractivity contribution in [1.82, 2.24) is 20.1 Å². The Bertz CT molecular complexity index is 1170. The van der Waals surface area contributed by atoms with E-state index in [1.54, 1.807) is 10.9 Å². The standard InChI is InChI=1S/C24H27ClN6O/c1-13-15(3-6-22(27-13)30-9-16-7-17(16)10-30)11-31-12-20(23(25)29-31)24(32)28-21-5-4-18-14(2)26-8-19(18)21/h3,6,12,16-17,21H,4-5,7-11H2,1-2H3,(H,28,32)/t16?,17?,21-/m1/s1. The molecule has 32 heavy (non-hydrogen) atoms. The second-order valence-corrected chi connectivity index (χ2v) is 9.93. The van der Waals surface area contributed by atoms with Crippen molar-refractivity contribution in [1.29, 1.82) is 0 Å². The molecule has 3 atom stereocenters. The summed E-state index contributed by atoms with van der Waals surface area (Å²) in [5, 5.41) is 7.75. The third-order valence-electron chi connectivity index (χ3n) is 7.50. The van der Waals surface area contributed by atoms with Crippen molar-refractivity contribution in [2.75, 3.05) is 24.5 Å². The lowest BCUT2D eigenvalue weighted by atomic mass is 10.1. The number of hydrogen-bond acceptors (Lipinski definition) is 5. The van der Waals surface area contributed by atoms with Gasteiger partial charge in [-0.3, -0.25) is 14.5 Å². The van der Waals surface area contributed by atoms with Crippen LogP contribution in [0, 0.1) is 18.8 Å². The van der Waals surface area contributed by atoms with Gasteiger partial charge in [0.05, 0.1) is 24.7 Å². The van der Waals surface area contributed by atoms with Crippen molar-refractivity contribution in [2.24, 2.45) is 16.8 Å². The Kier molecular flexibility index (Phi) is 4.64. The van der Waals surface area contributed by atoms with Crippen LogP contribution < -0.4 is 10.2 Å². The molecule has 2 aliphatic carbocycles. The van der Waals surface area contributed by atoms with Gasteiger partial charge in [-0.2, -0.15) is 5.10 Å². The fourth-order valence-corrected chi connectivity index (χ4v) is 5.69. The van der Waals surface area contributed by atoms with Gasteiger partial charge < -0.3 is 10.2 Å². The number of pyridine rings is 1. The highest BCUT2D eigenvalue weighted by Gasteiger charge is 2.45. The number of anilines is 1. The topological polar surface area (TPSA) is 75.4 Å². The van der Waals surface area contributed by atoms with Crippen molar-refractivity contribution < 1.29 is 4.79 Å². The monoisotopic (exact) mass is 450 g/mol. The van der Waals surface area contributed by atoms with Crippen molar-refractivity contribution in [3.63, 3.8) is 0 Å². The predicted octanol–water partition coefficient (Wildman–Crippen LogP) is 3.41. The van der Waals surface area contributed by atoms with Gasteiger partial charge in [0.25, 0.3) is 5.91 Å². The van der Waals surface area contributed by atoms with E-state index in [-0.39, 0.29) is 17.1 Å². The average Bonchev–Trinajstić information content (AvgIpc) is 3.17. The first-order valence-electron chi connectivity index (χ1n) is 11.4. The molecule has 0 aromatic carbocycles. The number of hydrogen-bond donors (Lipinski definition) is 1. The van der Waals surface area contributed by atoms with E-state index in [9.17, 15) is 4.79 Å². The highest BCUT2D eigenvalue weighted by Crippen LogP contribution is 2.46. The van der Waals surface area contributed by atoms with Crippen LogP contribution in [0.25, 0.3) is 0 Å². The van der Waals surface area contributed by atoms with Crippen LogP contribution in [0.3, 0.4) is 0 Å². The maximum Gasteiger partial charge on any atom is 0.256 e. The summed E-state index contributed by atoms with van der Waals surface area (Å²) in [6.45, 7) is 7.57. The first-order valence-corrected chi connectivity index (χ1v) is 11.8. The second kappa shape index (κ2) is 7.44. The van der Waals surface area contributed by atoms with Gasteiger partial charge in [-0.15, -0.1) is 0 Å². The zero-order chi connectivity index (χ0) is 22.0. The van der Waals surface area contributed by atoms with Crippen molar-refractivity contribution in [3.8, 4) is 0 Å². The van der Waals surface area contributed by atoms with E-state index < -0.39 is 0 Å². The SMILES string of the molecule is CC1=NCC2=C1CC[C@H]2NC(=O)c1cn(Cc2ccc(N3CC4CC4C3)nc2C)nc1Cl. The number of piperidine rings is 1. The van der Waals surface area contributed by atoms with Gasteiger partial charge in [-0.1, -0.05) is 17.7 Å². The van der Waals surface area contributed by atoms with Crippen LogP contribution in [-0.2, 0) is 6.54 Å². The zero-order valence-corrected chi connectivity index (χ0v) is 19.2. The molecule has 1 saturated heterocycles. The first-order chi connectivity index (χ1) is 15.5. The molecule has 1 saturated carbocycles. The molecule has 166 valence electrons. The molecule has 2 fully saturated rings. The van der Waals surface area contributed by atoms with E-state index in [1.165, 1.54) is 17.6 Å². The molecule has 8 heteroatoms. The zero-order valence-electron chi connectivity index (χ0n) is 18.4. The quantitative estimate of drug-likeness (QED) is 0.757. The Morgan fingerprint density at radius 2 is 2.06 bits per heavy atom. The molecule has 4 heterocycles. The van der Waals surface area contributed by atoms with Gasteiger partial charge in [0.2, 0.25) is 0 Å². The minimum Gasteiger partial charge on any atom is -0.356 e. The average molecular weight is 451 g/mol. The molecule has 4 aliphatic rings. The molecule has 0 spiro atoms. The first kappa shape index (κ1) is 20.0. The van der Waals surface area contributed by atoms with E-state index in [2.05, 4.69) is 32.4 Å². The van der Waals surface area contributed by atoms with Crippen LogP contribution in [-0.4, -0.2) is 52.1 Å². The van der Waals surface area contributed by atoms with E-state index in [0.717, 1.165) is 60.6 Å². The molecular weight excluding hydrogens is 424 g/mol. The lowest BCUT2D eigenvalue weighted by Crippen LogP contribution is -2.35. The van der Waals surface area contributed by atoms with E-state index in [4.69, 9.17) is 16.6 Å². The largest absolute Gasteiger partial charge is 0.356 e. The summed E-state index contributed by atoms with van der Waals surface area (Å²) in [6, 6.07) is 4.25. The number of halogens is 1. The number of rotatable bonds is 5. The Morgan fingerprint density at radius 1 is 1.25 bits per heavy atom. The summed E-state index contributed by atoms with van der Waals surface area (Å²) in [5.41, 5.74) is 6.15. The van der Waals surface area contributed by atoms with Gasteiger partial charge in [0.15, 0.2) is 5.15 Å². The summed E-state index contributed by atoms with van der Waals surface area (Å²) in [4.78, 5) is 24.6. The van der Waals surface area contributed by atoms with Gasteiger partial charge in [0.1, 0.15) is 5.82 Å². The van der Waals surface area contributed by atoms with Crippen molar-refractivity contribution in [3.05, 3.63) is 51.4 Å². The number of carbonyl (C=O) groups is 1. The number of carbonyl (C=O) groups excluding carboxylic acids is 1. The minimum atomic E-state index is -0.178. The summed E-state index contributed by atoms with van der Waals surface area (Å²) >= 11 is 6.35. The molecule has 6 rings (SSSR count).